The van der Waals surface area contributed by atoms with Crippen LogP contribution in [0.1, 0.15) is 49.4 Å². The van der Waals surface area contributed by atoms with E-state index in [1.54, 1.807) is 34.9 Å². The number of thioether (sulfide) groups is 1. The van der Waals surface area contributed by atoms with Crippen molar-refractivity contribution in [3.05, 3.63) is 68.7 Å². The third-order valence-corrected chi connectivity index (χ3v) is 6.52. The van der Waals surface area contributed by atoms with Gasteiger partial charge in [0.2, 0.25) is 11.8 Å². The van der Waals surface area contributed by atoms with Crippen molar-refractivity contribution in [1.82, 2.24) is 10.2 Å². The van der Waals surface area contributed by atoms with E-state index < -0.39 is 6.04 Å². The van der Waals surface area contributed by atoms with Crippen LogP contribution in [0.3, 0.4) is 0 Å². The molecule has 2 aromatic carbocycles. The Morgan fingerprint density at radius 1 is 1.06 bits per heavy atom. The molecule has 1 atom stereocenters. The van der Waals surface area contributed by atoms with Gasteiger partial charge in [0, 0.05) is 28.4 Å². The maximum atomic E-state index is 13.3. The zero-order valence-corrected chi connectivity index (χ0v) is 21.7. The van der Waals surface area contributed by atoms with Crippen LogP contribution in [0.25, 0.3) is 0 Å². The van der Waals surface area contributed by atoms with Gasteiger partial charge in [-0.3, -0.25) is 9.59 Å². The lowest BCUT2D eigenvalue weighted by Crippen LogP contribution is -2.51. The number of amides is 2. The number of carbonyl (C=O) groups is 2. The van der Waals surface area contributed by atoms with Gasteiger partial charge in [-0.25, -0.2) is 0 Å². The Balaban J connectivity index is 2.19. The predicted molar refractivity (Wildman–Crippen MR) is 136 cm³/mol. The Morgan fingerprint density at radius 2 is 1.72 bits per heavy atom. The second kappa shape index (κ2) is 12.5. The molecule has 0 unspecified atom stereocenters. The smallest absolute Gasteiger partial charge is 0.243 e. The lowest BCUT2D eigenvalue weighted by Gasteiger charge is -2.31. The van der Waals surface area contributed by atoms with Crippen molar-refractivity contribution < 1.29 is 9.59 Å². The highest BCUT2D eigenvalue weighted by molar-refractivity contribution is 7.99. The molecule has 4 nitrogen and oxygen atoms in total. The van der Waals surface area contributed by atoms with Crippen molar-refractivity contribution in [3.63, 3.8) is 0 Å². The molecule has 7 heteroatoms. The molecule has 0 fully saturated rings. The highest BCUT2D eigenvalue weighted by Crippen LogP contribution is 2.25. The van der Waals surface area contributed by atoms with Gasteiger partial charge < -0.3 is 10.2 Å². The first-order valence-electron chi connectivity index (χ1n) is 10.8. The topological polar surface area (TPSA) is 49.4 Å². The summed E-state index contributed by atoms with van der Waals surface area (Å²) in [5.74, 6) is 0.777. The van der Waals surface area contributed by atoms with Crippen LogP contribution in [0.15, 0.2) is 36.4 Å². The number of hydrogen-bond donors (Lipinski definition) is 1. The minimum absolute atomic E-state index is 0.00782. The SMILES string of the molecule is CC[C@@H](C(=O)NC(C)C)N(Cc1ccc(Cl)cc1Cl)C(=O)CSCc1cc(C)cc(C)c1. The predicted octanol–water partition coefficient (Wildman–Crippen LogP) is 6.18. The Bertz CT molecular complexity index is 929. The quantitative estimate of drug-likeness (QED) is 0.429. The van der Waals surface area contributed by atoms with E-state index in [9.17, 15) is 9.59 Å². The molecule has 0 radical (unpaired) electrons. The van der Waals surface area contributed by atoms with E-state index in [2.05, 4.69) is 37.4 Å². The molecule has 2 aromatic rings. The van der Waals surface area contributed by atoms with Crippen molar-refractivity contribution in [2.24, 2.45) is 0 Å². The summed E-state index contributed by atoms with van der Waals surface area (Å²) >= 11 is 14.0. The monoisotopic (exact) mass is 494 g/mol. The third kappa shape index (κ3) is 8.02. The summed E-state index contributed by atoms with van der Waals surface area (Å²) in [5, 5.41) is 3.96. The second-order valence-corrected chi connectivity index (χ2v) is 10.2. The molecular weight excluding hydrogens is 463 g/mol. The Labute approximate surface area is 206 Å². The van der Waals surface area contributed by atoms with Crippen molar-refractivity contribution >= 4 is 46.8 Å². The molecule has 2 rings (SSSR count). The minimum Gasteiger partial charge on any atom is -0.352 e. The summed E-state index contributed by atoms with van der Waals surface area (Å²) < 4.78 is 0. The zero-order chi connectivity index (χ0) is 23.8. The molecule has 2 amide bonds. The van der Waals surface area contributed by atoms with Gasteiger partial charge in [-0.15, -0.1) is 11.8 Å². The number of carbonyl (C=O) groups excluding carboxylic acids is 2. The van der Waals surface area contributed by atoms with Crippen LogP contribution in [0, 0.1) is 13.8 Å². The molecule has 0 aliphatic rings. The van der Waals surface area contributed by atoms with Gasteiger partial charge in [0.05, 0.1) is 5.75 Å². The highest BCUT2D eigenvalue weighted by atomic mass is 35.5. The molecule has 0 saturated carbocycles. The van der Waals surface area contributed by atoms with Crippen LogP contribution >= 0.6 is 35.0 Å². The largest absolute Gasteiger partial charge is 0.352 e. The maximum absolute atomic E-state index is 13.3. The minimum atomic E-state index is -0.571. The van der Waals surface area contributed by atoms with Crippen LogP contribution in [0.5, 0.6) is 0 Å². The summed E-state index contributed by atoms with van der Waals surface area (Å²) in [6.07, 6.45) is 0.511. The highest BCUT2D eigenvalue weighted by Gasteiger charge is 2.29. The molecule has 0 saturated heterocycles. The van der Waals surface area contributed by atoms with E-state index in [1.807, 2.05) is 20.8 Å². The first kappa shape index (κ1) is 26.6. The molecule has 0 aromatic heterocycles. The summed E-state index contributed by atoms with van der Waals surface area (Å²) in [6, 6.07) is 11.0. The van der Waals surface area contributed by atoms with Crippen LogP contribution in [0.2, 0.25) is 10.0 Å². The Kier molecular flexibility index (Phi) is 10.4. The average molecular weight is 496 g/mol. The van der Waals surface area contributed by atoms with Crippen molar-refractivity contribution in [2.45, 2.75) is 65.4 Å². The molecule has 32 heavy (non-hydrogen) atoms. The Morgan fingerprint density at radius 3 is 2.28 bits per heavy atom. The van der Waals surface area contributed by atoms with E-state index in [1.165, 1.54) is 16.7 Å². The fourth-order valence-corrected chi connectivity index (χ4v) is 4.94. The van der Waals surface area contributed by atoms with Crippen LogP contribution in [0.4, 0.5) is 0 Å². The first-order valence-corrected chi connectivity index (χ1v) is 12.7. The molecule has 0 aliphatic carbocycles. The van der Waals surface area contributed by atoms with Gasteiger partial charge in [-0.2, -0.15) is 0 Å². The first-order chi connectivity index (χ1) is 15.1. The van der Waals surface area contributed by atoms with Crippen molar-refractivity contribution in [2.75, 3.05) is 5.75 Å². The van der Waals surface area contributed by atoms with E-state index in [0.29, 0.717) is 16.5 Å². The van der Waals surface area contributed by atoms with Gasteiger partial charge in [0.25, 0.3) is 0 Å². The summed E-state index contributed by atoms with van der Waals surface area (Å²) in [7, 11) is 0. The van der Waals surface area contributed by atoms with Crippen molar-refractivity contribution in [3.8, 4) is 0 Å². The number of nitrogens with one attached hydrogen (secondary N) is 1. The molecular formula is C25H32Cl2N2O2S. The molecule has 0 heterocycles. The third-order valence-electron chi connectivity index (χ3n) is 4.95. The van der Waals surface area contributed by atoms with E-state index in [0.717, 1.165) is 11.3 Å². The number of rotatable bonds is 10. The van der Waals surface area contributed by atoms with Crippen LogP contribution < -0.4 is 5.32 Å². The number of halogens is 2. The van der Waals surface area contributed by atoms with Crippen LogP contribution in [-0.4, -0.2) is 34.6 Å². The molecule has 174 valence electrons. The fourth-order valence-electron chi connectivity index (χ4n) is 3.63. The normalized spacial score (nSPS) is 12.0. The summed E-state index contributed by atoms with van der Waals surface area (Å²) in [6.45, 7) is 10.1. The fraction of sp³-hybridized carbons (Fsp3) is 0.440. The van der Waals surface area contributed by atoms with Gasteiger partial charge >= 0.3 is 0 Å². The van der Waals surface area contributed by atoms with E-state index in [-0.39, 0.29) is 30.2 Å². The van der Waals surface area contributed by atoms with Crippen molar-refractivity contribution in [1.29, 1.82) is 0 Å². The maximum Gasteiger partial charge on any atom is 0.243 e. The van der Waals surface area contributed by atoms with Gasteiger partial charge in [-0.1, -0.05) is 65.5 Å². The Hall–Kier alpha value is -1.69. The van der Waals surface area contributed by atoms with Gasteiger partial charge in [-0.05, 0) is 57.4 Å². The van der Waals surface area contributed by atoms with E-state index >= 15 is 0 Å². The molecule has 1 N–H and O–H groups in total. The number of benzene rings is 2. The zero-order valence-electron chi connectivity index (χ0n) is 19.4. The lowest BCUT2D eigenvalue weighted by molar-refractivity contribution is -0.139. The molecule has 0 aliphatic heterocycles. The molecule has 0 bridgehead atoms. The van der Waals surface area contributed by atoms with Gasteiger partial charge in [0.15, 0.2) is 0 Å². The molecule has 0 spiro atoms. The number of nitrogens with zero attached hydrogens (tertiary/aromatic N) is 1. The van der Waals surface area contributed by atoms with Gasteiger partial charge in [0.1, 0.15) is 6.04 Å². The standard InChI is InChI=1S/C25H32Cl2N2O2S/c1-6-23(25(31)28-16(2)3)29(13-20-7-8-21(26)12-22(20)27)24(30)15-32-14-19-10-17(4)9-18(5)11-19/h7-12,16,23H,6,13-15H2,1-5H3,(H,28,31)/t23-/m0/s1. The average Bonchev–Trinajstić information content (AvgIpc) is 2.68. The number of aryl methyl sites for hydroxylation is 2. The lowest BCUT2D eigenvalue weighted by atomic mass is 10.1. The second-order valence-electron chi connectivity index (χ2n) is 8.33. The summed E-state index contributed by atoms with van der Waals surface area (Å²) in [5.41, 5.74) is 4.38. The summed E-state index contributed by atoms with van der Waals surface area (Å²) in [4.78, 5) is 27.8. The van der Waals surface area contributed by atoms with Crippen LogP contribution in [-0.2, 0) is 21.9 Å². The van der Waals surface area contributed by atoms with E-state index in [4.69, 9.17) is 23.2 Å². The number of hydrogen-bond acceptors (Lipinski definition) is 3.